The number of aromatic nitrogens is 1. The van der Waals surface area contributed by atoms with Crippen LogP contribution in [-0.4, -0.2) is 18.2 Å². The average Bonchev–Trinajstić information content (AvgIpc) is 2.28. The van der Waals surface area contributed by atoms with Gasteiger partial charge in [0.1, 0.15) is 19.0 Å². The van der Waals surface area contributed by atoms with E-state index in [1.165, 1.54) is 6.07 Å². The highest BCUT2D eigenvalue weighted by molar-refractivity contribution is 5.66. The van der Waals surface area contributed by atoms with E-state index in [9.17, 15) is 4.79 Å². The third-order valence-electron chi connectivity index (χ3n) is 2.71. The van der Waals surface area contributed by atoms with Crippen molar-refractivity contribution >= 4 is 5.76 Å². The number of aromatic amines is 1. The molecular formula is C11H11NO3. The van der Waals surface area contributed by atoms with Gasteiger partial charge in [-0.25, -0.2) is 0 Å². The second-order valence-corrected chi connectivity index (χ2v) is 3.66. The molecule has 15 heavy (non-hydrogen) atoms. The first kappa shape index (κ1) is 8.59. The lowest BCUT2D eigenvalue weighted by Crippen LogP contribution is -2.20. The molecule has 78 valence electrons. The van der Waals surface area contributed by atoms with Crippen LogP contribution >= 0.6 is 0 Å². The maximum atomic E-state index is 11.2. The van der Waals surface area contributed by atoms with E-state index in [2.05, 4.69) is 4.98 Å². The third-order valence-corrected chi connectivity index (χ3v) is 2.71. The lowest BCUT2D eigenvalue weighted by Gasteiger charge is -2.26. The SMILES string of the molecule is O=c1ccc2c([nH]1)CCC1=C2OCCO1. The number of nitrogens with one attached hydrogen (secondary N) is 1. The summed E-state index contributed by atoms with van der Waals surface area (Å²) >= 11 is 0. The highest BCUT2D eigenvalue weighted by Gasteiger charge is 2.24. The summed E-state index contributed by atoms with van der Waals surface area (Å²) in [7, 11) is 0. The van der Waals surface area contributed by atoms with Crippen molar-refractivity contribution in [2.45, 2.75) is 12.8 Å². The highest BCUT2D eigenvalue weighted by atomic mass is 16.6. The Bertz CT molecular complexity index is 487. The first-order valence-electron chi connectivity index (χ1n) is 5.06. The molecule has 0 saturated carbocycles. The fourth-order valence-electron chi connectivity index (χ4n) is 2.03. The molecule has 0 unspecified atom stereocenters. The molecule has 3 rings (SSSR count). The summed E-state index contributed by atoms with van der Waals surface area (Å²) in [6.45, 7) is 1.20. The van der Waals surface area contributed by atoms with Crippen LogP contribution in [0.1, 0.15) is 17.7 Å². The second kappa shape index (κ2) is 3.15. The van der Waals surface area contributed by atoms with Crippen LogP contribution in [0.2, 0.25) is 0 Å². The molecule has 0 bridgehead atoms. The fourth-order valence-corrected chi connectivity index (χ4v) is 2.03. The second-order valence-electron chi connectivity index (χ2n) is 3.66. The van der Waals surface area contributed by atoms with Gasteiger partial charge in [0.25, 0.3) is 0 Å². The Hall–Kier alpha value is -1.71. The highest BCUT2D eigenvalue weighted by Crippen LogP contribution is 2.32. The van der Waals surface area contributed by atoms with Crippen molar-refractivity contribution in [2.24, 2.45) is 0 Å². The van der Waals surface area contributed by atoms with E-state index in [0.717, 1.165) is 35.6 Å². The Labute approximate surface area is 86.5 Å². The van der Waals surface area contributed by atoms with E-state index in [-0.39, 0.29) is 5.56 Å². The van der Waals surface area contributed by atoms with Crippen molar-refractivity contribution < 1.29 is 9.47 Å². The molecule has 2 aliphatic rings. The summed E-state index contributed by atoms with van der Waals surface area (Å²) in [6, 6.07) is 3.32. The summed E-state index contributed by atoms with van der Waals surface area (Å²) in [4.78, 5) is 14.0. The van der Waals surface area contributed by atoms with Crippen LogP contribution in [0.25, 0.3) is 5.76 Å². The van der Waals surface area contributed by atoms with E-state index in [0.29, 0.717) is 13.2 Å². The lowest BCUT2D eigenvalue weighted by molar-refractivity contribution is 0.0939. The van der Waals surface area contributed by atoms with Gasteiger partial charge < -0.3 is 14.5 Å². The molecular weight excluding hydrogens is 194 g/mol. The minimum atomic E-state index is -0.0606. The number of fused-ring (bicyclic) bond motifs is 2. The van der Waals surface area contributed by atoms with Crippen molar-refractivity contribution in [3.63, 3.8) is 0 Å². The smallest absolute Gasteiger partial charge is 0.248 e. The minimum Gasteiger partial charge on any atom is -0.490 e. The van der Waals surface area contributed by atoms with Crippen LogP contribution in [0.3, 0.4) is 0 Å². The van der Waals surface area contributed by atoms with Crippen molar-refractivity contribution in [2.75, 3.05) is 13.2 Å². The minimum absolute atomic E-state index is 0.0606. The number of ether oxygens (including phenoxy) is 2. The summed E-state index contributed by atoms with van der Waals surface area (Å²) in [6.07, 6.45) is 1.62. The Morgan fingerprint density at radius 2 is 2.00 bits per heavy atom. The van der Waals surface area contributed by atoms with Crippen LogP contribution in [0.5, 0.6) is 0 Å². The Morgan fingerprint density at radius 1 is 1.13 bits per heavy atom. The number of hydrogen-bond donors (Lipinski definition) is 1. The number of pyridine rings is 1. The molecule has 0 amide bonds. The zero-order chi connectivity index (χ0) is 10.3. The van der Waals surface area contributed by atoms with Gasteiger partial charge in [0, 0.05) is 23.7 Å². The molecule has 0 aromatic carbocycles. The van der Waals surface area contributed by atoms with Gasteiger partial charge >= 0.3 is 0 Å². The Morgan fingerprint density at radius 3 is 2.93 bits per heavy atom. The normalized spacial score (nSPS) is 18.7. The van der Waals surface area contributed by atoms with Crippen LogP contribution in [0.4, 0.5) is 0 Å². The van der Waals surface area contributed by atoms with Gasteiger partial charge in [-0.3, -0.25) is 4.79 Å². The van der Waals surface area contributed by atoms with Gasteiger partial charge in [-0.05, 0) is 12.5 Å². The number of H-pyrrole nitrogens is 1. The van der Waals surface area contributed by atoms with Crippen molar-refractivity contribution in [3.8, 4) is 0 Å². The van der Waals surface area contributed by atoms with E-state index >= 15 is 0 Å². The number of allylic oxidation sites excluding steroid dienone is 1. The summed E-state index contributed by atoms with van der Waals surface area (Å²) in [5.41, 5.74) is 1.86. The molecule has 0 spiro atoms. The van der Waals surface area contributed by atoms with Crippen LogP contribution in [0.15, 0.2) is 22.7 Å². The van der Waals surface area contributed by atoms with Gasteiger partial charge in [-0.15, -0.1) is 0 Å². The van der Waals surface area contributed by atoms with Gasteiger partial charge in [0.05, 0.1) is 0 Å². The molecule has 1 aliphatic carbocycles. The Balaban J connectivity index is 2.16. The van der Waals surface area contributed by atoms with Crippen LogP contribution < -0.4 is 5.56 Å². The maximum Gasteiger partial charge on any atom is 0.248 e. The fraction of sp³-hybridized carbons (Fsp3) is 0.364. The van der Waals surface area contributed by atoms with Crippen LogP contribution in [0, 0.1) is 0 Å². The molecule has 1 N–H and O–H groups in total. The predicted octanol–water partition coefficient (Wildman–Crippen LogP) is 1.04. The van der Waals surface area contributed by atoms with Gasteiger partial charge in [0.15, 0.2) is 5.76 Å². The molecule has 0 fully saturated rings. The number of rotatable bonds is 0. The molecule has 1 aromatic rings. The third kappa shape index (κ3) is 1.33. The van der Waals surface area contributed by atoms with Gasteiger partial charge in [-0.2, -0.15) is 0 Å². The molecule has 2 heterocycles. The average molecular weight is 205 g/mol. The zero-order valence-corrected chi connectivity index (χ0v) is 8.21. The van der Waals surface area contributed by atoms with E-state index in [1.807, 2.05) is 0 Å². The number of hydrogen-bond acceptors (Lipinski definition) is 3. The molecule has 0 atom stereocenters. The van der Waals surface area contributed by atoms with Gasteiger partial charge in [0.2, 0.25) is 5.56 Å². The first-order chi connectivity index (χ1) is 7.34. The molecule has 0 radical (unpaired) electrons. The predicted molar refractivity (Wildman–Crippen MR) is 54.2 cm³/mol. The summed E-state index contributed by atoms with van der Waals surface area (Å²) < 4.78 is 11.1. The first-order valence-corrected chi connectivity index (χ1v) is 5.06. The van der Waals surface area contributed by atoms with E-state index in [1.54, 1.807) is 6.07 Å². The van der Waals surface area contributed by atoms with Crippen molar-refractivity contribution in [3.05, 3.63) is 39.5 Å². The molecule has 4 nitrogen and oxygen atoms in total. The summed E-state index contributed by atoms with van der Waals surface area (Å²) in [5, 5.41) is 0. The molecule has 0 saturated heterocycles. The number of aryl methyl sites for hydroxylation is 1. The van der Waals surface area contributed by atoms with E-state index in [4.69, 9.17) is 9.47 Å². The topological polar surface area (TPSA) is 51.3 Å². The molecule has 1 aliphatic heterocycles. The summed E-state index contributed by atoms with van der Waals surface area (Å²) in [5.74, 6) is 1.72. The van der Waals surface area contributed by atoms with Crippen molar-refractivity contribution in [1.29, 1.82) is 0 Å². The monoisotopic (exact) mass is 205 g/mol. The molecule has 1 aromatic heterocycles. The van der Waals surface area contributed by atoms with Crippen molar-refractivity contribution in [1.82, 2.24) is 4.98 Å². The lowest BCUT2D eigenvalue weighted by atomic mass is 9.99. The quantitative estimate of drug-likeness (QED) is 0.688. The standard InChI is InChI=1S/C11H11NO3/c13-10-4-1-7-8(12-10)2-3-9-11(7)15-6-5-14-9/h1,4H,2-3,5-6H2,(H,12,13). The Kier molecular flexibility index (Phi) is 1.80. The molecule has 4 heteroatoms. The zero-order valence-electron chi connectivity index (χ0n) is 8.21. The largest absolute Gasteiger partial charge is 0.490 e. The van der Waals surface area contributed by atoms with Gasteiger partial charge in [-0.1, -0.05) is 0 Å². The maximum absolute atomic E-state index is 11.2. The van der Waals surface area contributed by atoms with E-state index < -0.39 is 0 Å². The van der Waals surface area contributed by atoms with Crippen LogP contribution in [-0.2, 0) is 15.9 Å².